The molecule has 0 saturated heterocycles. The predicted octanol–water partition coefficient (Wildman–Crippen LogP) is 1.85. The summed E-state index contributed by atoms with van der Waals surface area (Å²) in [6, 6.07) is 6.90. The molecule has 0 aliphatic carbocycles. The molecule has 0 aliphatic heterocycles. The fraction of sp³-hybridized carbons (Fsp3) is 0.167. The second-order valence-electron chi connectivity index (χ2n) is 4.01. The van der Waals surface area contributed by atoms with Crippen LogP contribution in [0.1, 0.15) is 11.1 Å². The van der Waals surface area contributed by atoms with E-state index in [0.717, 1.165) is 5.56 Å². The number of rotatable bonds is 4. The maximum Gasteiger partial charge on any atom is 0.238 e. The smallest absolute Gasteiger partial charge is 0.238 e. The zero-order chi connectivity index (χ0) is 13.2. The van der Waals surface area contributed by atoms with E-state index in [4.69, 9.17) is 9.56 Å². The van der Waals surface area contributed by atoms with Gasteiger partial charge in [0, 0.05) is 17.8 Å². The van der Waals surface area contributed by atoms with Gasteiger partial charge < -0.3 is 9.73 Å². The molecule has 0 aliphatic rings. The summed E-state index contributed by atoms with van der Waals surface area (Å²) in [4.78, 5) is 0.139. The Kier molecular flexibility index (Phi) is 3.40. The van der Waals surface area contributed by atoms with Gasteiger partial charge in [0.1, 0.15) is 0 Å². The van der Waals surface area contributed by atoms with E-state index in [-0.39, 0.29) is 4.90 Å². The van der Waals surface area contributed by atoms with Gasteiger partial charge in [0.15, 0.2) is 0 Å². The molecule has 1 aromatic heterocycles. The van der Waals surface area contributed by atoms with Crippen molar-refractivity contribution < 1.29 is 12.8 Å². The van der Waals surface area contributed by atoms with Crippen LogP contribution in [0.3, 0.4) is 0 Å². The molecule has 6 heteroatoms. The number of sulfonamides is 1. The Morgan fingerprint density at radius 1 is 1.33 bits per heavy atom. The van der Waals surface area contributed by atoms with Crippen molar-refractivity contribution in [3.63, 3.8) is 0 Å². The highest BCUT2D eigenvalue weighted by Crippen LogP contribution is 2.19. The Balaban J connectivity index is 2.20. The van der Waals surface area contributed by atoms with Crippen LogP contribution >= 0.6 is 0 Å². The quantitative estimate of drug-likeness (QED) is 0.884. The Morgan fingerprint density at radius 3 is 2.72 bits per heavy atom. The average Bonchev–Trinajstić information content (AvgIpc) is 2.79. The van der Waals surface area contributed by atoms with E-state index in [1.807, 2.05) is 12.1 Å². The van der Waals surface area contributed by atoms with Gasteiger partial charge in [-0.15, -0.1) is 0 Å². The third-order valence-corrected chi connectivity index (χ3v) is 3.62. The van der Waals surface area contributed by atoms with Gasteiger partial charge in [-0.05, 0) is 30.7 Å². The summed E-state index contributed by atoms with van der Waals surface area (Å²) in [5, 5.41) is 8.25. The molecule has 18 heavy (non-hydrogen) atoms. The van der Waals surface area contributed by atoms with E-state index in [1.165, 1.54) is 6.07 Å². The summed E-state index contributed by atoms with van der Waals surface area (Å²) in [5.41, 5.74) is 2.31. The van der Waals surface area contributed by atoms with E-state index < -0.39 is 10.0 Å². The number of aryl methyl sites for hydroxylation is 1. The number of hydrogen-bond donors (Lipinski definition) is 2. The summed E-state index contributed by atoms with van der Waals surface area (Å²) < 4.78 is 27.7. The molecule has 2 aromatic rings. The van der Waals surface area contributed by atoms with Crippen LogP contribution in [0.5, 0.6) is 0 Å². The molecule has 0 amide bonds. The minimum atomic E-state index is -3.69. The lowest BCUT2D eigenvalue weighted by Gasteiger charge is -2.08. The second-order valence-corrected chi connectivity index (χ2v) is 5.54. The van der Waals surface area contributed by atoms with E-state index >= 15 is 0 Å². The van der Waals surface area contributed by atoms with E-state index in [0.29, 0.717) is 17.8 Å². The van der Waals surface area contributed by atoms with Gasteiger partial charge in [-0.2, -0.15) is 0 Å². The van der Waals surface area contributed by atoms with Gasteiger partial charge in [-0.25, -0.2) is 13.6 Å². The molecule has 3 N–H and O–H groups in total. The van der Waals surface area contributed by atoms with Crippen LogP contribution in [0, 0.1) is 6.92 Å². The molecule has 5 nitrogen and oxygen atoms in total. The van der Waals surface area contributed by atoms with Crippen molar-refractivity contribution in [1.82, 2.24) is 0 Å². The molecule has 2 rings (SSSR count). The monoisotopic (exact) mass is 266 g/mol. The lowest BCUT2D eigenvalue weighted by atomic mass is 10.2. The first-order chi connectivity index (χ1) is 8.47. The van der Waals surface area contributed by atoms with Crippen LogP contribution in [0.25, 0.3) is 0 Å². The molecule has 0 fully saturated rings. The van der Waals surface area contributed by atoms with Gasteiger partial charge in [0.05, 0.1) is 17.4 Å². The number of hydrogen-bond acceptors (Lipinski definition) is 4. The normalized spacial score (nSPS) is 11.4. The van der Waals surface area contributed by atoms with E-state index in [1.54, 1.807) is 25.5 Å². The van der Waals surface area contributed by atoms with Crippen molar-refractivity contribution in [2.45, 2.75) is 18.4 Å². The van der Waals surface area contributed by atoms with E-state index in [9.17, 15) is 8.42 Å². The highest BCUT2D eigenvalue weighted by atomic mass is 32.2. The molecular formula is C12H14N2O3S. The van der Waals surface area contributed by atoms with Gasteiger partial charge in [-0.1, -0.05) is 6.07 Å². The number of nitrogens with two attached hydrogens (primary N) is 1. The van der Waals surface area contributed by atoms with Gasteiger partial charge in [0.25, 0.3) is 0 Å². The number of furan rings is 1. The Morgan fingerprint density at radius 2 is 2.11 bits per heavy atom. The van der Waals surface area contributed by atoms with Crippen LogP contribution in [-0.2, 0) is 16.6 Å². The minimum Gasteiger partial charge on any atom is -0.472 e. The first kappa shape index (κ1) is 12.7. The molecule has 0 unspecified atom stereocenters. The number of anilines is 1. The van der Waals surface area contributed by atoms with Crippen molar-refractivity contribution in [2.75, 3.05) is 5.32 Å². The molecule has 0 bridgehead atoms. The molecule has 96 valence electrons. The highest BCUT2D eigenvalue weighted by Gasteiger charge is 2.11. The van der Waals surface area contributed by atoms with Crippen molar-refractivity contribution in [3.05, 3.63) is 47.9 Å². The molecule has 0 radical (unpaired) electrons. The van der Waals surface area contributed by atoms with Crippen molar-refractivity contribution in [3.8, 4) is 0 Å². The zero-order valence-corrected chi connectivity index (χ0v) is 10.7. The first-order valence-corrected chi connectivity index (χ1v) is 6.90. The van der Waals surface area contributed by atoms with Gasteiger partial charge in [0.2, 0.25) is 10.0 Å². The largest absolute Gasteiger partial charge is 0.472 e. The summed E-state index contributed by atoms with van der Waals surface area (Å²) in [7, 11) is -3.69. The van der Waals surface area contributed by atoms with Crippen LogP contribution in [0.15, 0.2) is 46.1 Å². The topological polar surface area (TPSA) is 85.3 Å². The first-order valence-electron chi connectivity index (χ1n) is 5.35. The van der Waals surface area contributed by atoms with Crippen molar-refractivity contribution in [2.24, 2.45) is 5.14 Å². The molecular weight excluding hydrogens is 252 g/mol. The maximum absolute atomic E-state index is 11.4. The third kappa shape index (κ3) is 2.91. The maximum atomic E-state index is 11.4. The highest BCUT2D eigenvalue weighted by molar-refractivity contribution is 7.89. The number of benzene rings is 1. The van der Waals surface area contributed by atoms with Crippen LogP contribution in [0.4, 0.5) is 5.69 Å². The standard InChI is InChI=1S/C12H14N2O3S/c1-9-2-3-11(6-12(9)18(13,15)16)14-7-10-4-5-17-8-10/h2-6,8,14H,7H2,1H3,(H2,13,15,16). The van der Waals surface area contributed by atoms with Crippen molar-refractivity contribution in [1.29, 1.82) is 0 Å². The molecule has 0 spiro atoms. The summed E-state index contributed by atoms with van der Waals surface area (Å²) in [6.45, 7) is 2.27. The van der Waals surface area contributed by atoms with Crippen molar-refractivity contribution >= 4 is 15.7 Å². The minimum absolute atomic E-state index is 0.139. The fourth-order valence-electron chi connectivity index (χ4n) is 1.61. The van der Waals surface area contributed by atoms with E-state index in [2.05, 4.69) is 5.32 Å². The Bertz CT molecular complexity index is 633. The SMILES string of the molecule is Cc1ccc(NCc2ccoc2)cc1S(N)(=O)=O. The second kappa shape index (κ2) is 4.83. The average molecular weight is 266 g/mol. The van der Waals surface area contributed by atoms with Crippen LogP contribution in [0.2, 0.25) is 0 Å². The number of nitrogens with one attached hydrogen (secondary N) is 1. The summed E-state index contributed by atoms with van der Waals surface area (Å²) in [5.74, 6) is 0. The van der Waals surface area contributed by atoms with Crippen LogP contribution < -0.4 is 10.5 Å². The van der Waals surface area contributed by atoms with Crippen LogP contribution in [-0.4, -0.2) is 8.42 Å². The predicted molar refractivity (Wildman–Crippen MR) is 68.6 cm³/mol. The lowest BCUT2D eigenvalue weighted by Crippen LogP contribution is -2.14. The zero-order valence-electron chi connectivity index (χ0n) is 9.88. The lowest BCUT2D eigenvalue weighted by molar-refractivity contribution is 0.564. The number of primary sulfonamides is 1. The fourth-order valence-corrected chi connectivity index (χ4v) is 2.42. The summed E-state index contributed by atoms with van der Waals surface area (Å²) >= 11 is 0. The summed E-state index contributed by atoms with van der Waals surface area (Å²) in [6.07, 6.45) is 3.21. The Hall–Kier alpha value is -1.79. The Labute approximate surface area is 106 Å². The van der Waals surface area contributed by atoms with Gasteiger partial charge >= 0.3 is 0 Å². The third-order valence-electron chi connectivity index (χ3n) is 2.57. The molecule has 0 atom stereocenters. The molecule has 1 heterocycles. The molecule has 0 saturated carbocycles. The van der Waals surface area contributed by atoms with Gasteiger partial charge in [-0.3, -0.25) is 0 Å². The molecule has 1 aromatic carbocycles.